The minimum Gasteiger partial charge on any atom is -0.378 e. The van der Waals surface area contributed by atoms with Crippen LogP contribution < -0.4 is 10.2 Å². The maximum atomic E-state index is 14.4. The Labute approximate surface area is 203 Å². The van der Waals surface area contributed by atoms with Crippen molar-refractivity contribution < 1.29 is 13.9 Å². The van der Waals surface area contributed by atoms with E-state index in [0.717, 1.165) is 41.1 Å². The van der Waals surface area contributed by atoms with Crippen LogP contribution in [0.4, 0.5) is 15.9 Å². The fourth-order valence-electron chi connectivity index (χ4n) is 4.25. The van der Waals surface area contributed by atoms with Crippen LogP contribution in [-0.2, 0) is 10.3 Å². The minimum atomic E-state index is -0.786. The van der Waals surface area contributed by atoms with Gasteiger partial charge in [0.05, 0.1) is 30.5 Å². The fourth-order valence-corrected chi connectivity index (χ4v) is 4.25. The number of amides is 1. The van der Waals surface area contributed by atoms with Gasteiger partial charge in [0.2, 0.25) is 5.95 Å². The zero-order valence-corrected chi connectivity index (χ0v) is 20.4. The fraction of sp³-hybridized carbons (Fsp3) is 0.346. The summed E-state index contributed by atoms with van der Waals surface area (Å²) >= 11 is 0. The number of ether oxygens (including phenoxy) is 1. The molecule has 182 valence electrons. The van der Waals surface area contributed by atoms with Crippen molar-refractivity contribution in [3.05, 3.63) is 65.9 Å². The highest BCUT2D eigenvalue weighted by atomic mass is 19.1. The van der Waals surface area contributed by atoms with Crippen LogP contribution in [0.25, 0.3) is 16.6 Å². The molecule has 0 bridgehead atoms. The van der Waals surface area contributed by atoms with E-state index in [1.165, 1.54) is 10.9 Å². The molecule has 1 aromatic carbocycles. The van der Waals surface area contributed by atoms with Crippen molar-refractivity contribution in [2.75, 3.05) is 36.5 Å². The topological polar surface area (TPSA) is 76.7 Å². The summed E-state index contributed by atoms with van der Waals surface area (Å²) in [6.45, 7) is 10.7. The normalized spacial score (nSPS) is 14.5. The number of aromatic nitrogens is 4. The summed E-state index contributed by atoms with van der Waals surface area (Å²) in [6.07, 6.45) is 3.24. The number of anilines is 2. The van der Waals surface area contributed by atoms with Crippen LogP contribution in [0.15, 0.2) is 48.8 Å². The van der Waals surface area contributed by atoms with Crippen LogP contribution in [0.3, 0.4) is 0 Å². The molecule has 0 spiro atoms. The molecule has 5 rings (SSSR count). The van der Waals surface area contributed by atoms with Crippen molar-refractivity contribution in [2.24, 2.45) is 0 Å². The smallest absolute Gasteiger partial charge is 0.261 e. The van der Waals surface area contributed by atoms with E-state index in [-0.39, 0.29) is 5.56 Å². The summed E-state index contributed by atoms with van der Waals surface area (Å²) in [7, 11) is 0. The molecule has 0 radical (unpaired) electrons. The predicted octanol–water partition coefficient (Wildman–Crippen LogP) is 4.49. The first-order chi connectivity index (χ1) is 16.7. The Morgan fingerprint density at radius 1 is 1.11 bits per heavy atom. The summed E-state index contributed by atoms with van der Waals surface area (Å²) in [5, 5.41) is 11.2. The molecule has 1 aliphatic rings. The maximum absolute atomic E-state index is 14.4. The Morgan fingerprint density at radius 2 is 1.89 bits per heavy atom. The number of aryl methyl sites for hydroxylation is 1. The largest absolute Gasteiger partial charge is 0.378 e. The van der Waals surface area contributed by atoms with Gasteiger partial charge in [0.15, 0.2) is 0 Å². The minimum absolute atomic E-state index is 0.0858. The highest BCUT2D eigenvalue weighted by Gasteiger charge is 2.23. The van der Waals surface area contributed by atoms with Crippen molar-refractivity contribution >= 4 is 22.9 Å². The van der Waals surface area contributed by atoms with Gasteiger partial charge in [0.1, 0.15) is 11.4 Å². The van der Waals surface area contributed by atoms with Gasteiger partial charge < -0.3 is 15.0 Å². The van der Waals surface area contributed by atoms with E-state index in [2.05, 4.69) is 32.5 Å². The van der Waals surface area contributed by atoms with Crippen LogP contribution in [0.5, 0.6) is 0 Å². The second-order valence-corrected chi connectivity index (χ2v) is 9.80. The van der Waals surface area contributed by atoms with Crippen LogP contribution in [0.2, 0.25) is 0 Å². The van der Waals surface area contributed by atoms with Gasteiger partial charge in [-0.1, -0.05) is 6.07 Å². The molecule has 0 saturated carbocycles. The average molecular weight is 477 g/mol. The zero-order chi connectivity index (χ0) is 24.7. The highest BCUT2D eigenvalue weighted by Crippen LogP contribution is 2.32. The zero-order valence-electron chi connectivity index (χ0n) is 20.4. The van der Waals surface area contributed by atoms with Crippen molar-refractivity contribution in [2.45, 2.75) is 33.2 Å². The maximum Gasteiger partial charge on any atom is 0.261 e. The summed E-state index contributed by atoms with van der Waals surface area (Å²) in [6, 6.07) is 11.9. The molecule has 1 N–H and O–H groups in total. The van der Waals surface area contributed by atoms with E-state index in [0.29, 0.717) is 18.9 Å². The molecule has 8 nitrogen and oxygen atoms in total. The first-order valence-corrected chi connectivity index (χ1v) is 11.7. The van der Waals surface area contributed by atoms with Gasteiger partial charge in [-0.05, 0) is 74.7 Å². The number of hydrogen-bond acceptors (Lipinski definition) is 5. The Balaban J connectivity index is 1.48. The Kier molecular flexibility index (Phi) is 5.80. The van der Waals surface area contributed by atoms with Crippen molar-refractivity contribution in [3.8, 4) is 11.1 Å². The van der Waals surface area contributed by atoms with E-state index < -0.39 is 17.4 Å². The summed E-state index contributed by atoms with van der Waals surface area (Å²) in [5.74, 6) is -0.324. The molecule has 4 heterocycles. The molecular weight excluding hydrogens is 447 g/mol. The third-order valence-electron chi connectivity index (χ3n) is 6.22. The van der Waals surface area contributed by atoms with E-state index in [9.17, 15) is 9.18 Å². The summed E-state index contributed by atoms with van der Waals surface area (Å²) < 4.78 is 23.3. The Bertz CT molecular complexity index is 1390. The lowest BCUT2D eigenvalue weighted by Crippen LogP contribution is -2.37. The number of halogens is 1. The first kappa shape index (κ1) is 23.0. The quantitative estimate of drug-likeness (QED) is 0.470. The van der Waals surface area contributed by atoms with E-state index in [4.69, 9.17) is 4.74 Å². The number of carbonyl (C=O) groups excluding carboxylic acids is 1. The molecule has 35 heavy (non-hydrogen) atoms. The van der Waals surface area contributed by atoms with Gasteiger partial charge in [-0.3, -0.25) is 9.48 Å². The SMILES string of the molecule is Cc1ccc(NC(=O)c2cn(C(C)(C)C)nc2F)cc1-c1cc(N2CCOCC2)n2nccc2c1. The van der Waals surface area contributed by atoms with Crippen molar-refractivity contribution in [1.82, 2.24) is 19.4 Å². The number of nitrogens with zero attached hydrogens (tertiary/aromatic N) is 5. The van der Waals surface area contributed by atoms with E-state index in [1.807, 2.05) is 56.5 Å². The highest BCUT2D eigenvalue weighted by molar-refractivity contribution is 6.04. The molecule has 1 aliphatic heterocycles. The van der Waals surface area contributed by atoms with Gasteiger partial charge in [-0.15, -0.1) is 5.10 Å². The second-order valence-electron chi connectivity index (χ2n) is 9.80. The number of rotatable bonds is 4. The molecule has 0 unspecified atom stereocenters. The van der Waals surface area contributed by atoms with Gasteiger partial charge >= 0.3 is 0 Å². The summed E-state index contributed by atoms with van der Waals surface area (Å²) in [5.41, 5.74) is 4.10. The standard InChI is InChI=1S/C26H29FN6O2/c1-17-5-6-19(29-25(34)22-16-32(26(2,3)4)30-24(22)27)15-21(17)18-13-20-7-8-28-33(20)23(14-18)31-9-11-35-12-10-31/h5-8,13-16H,9-12H2,1-4H3,(H,29,34). The molecule has 0 atom stereocenters. The number of nitrogens with one attached hydrogen (secondary N) is 1. The van der Waals surface area contributed by atoms with Crippen molar-refractivity contribution in [1.29, 1.82) is 0 Å². The number of morpholine rings is 1. The second kappa shape index (κ2) is 8.81. The molecule has 4 aromatic rings. The predicted molar refractivity (Wildman–Crippen MR) is 134 cm³/mol. The average Bonchev–Trinajstić information content (AvgIpc) is 3.46. The lowest BCUT2D eigenvalue weighted by molar-refractivity contribution is 0.102. The number of carbonyl (C=O) groups is 1. The number of benzene rings is 1. The first-order valence-electron chi connectivity index (χ1n) is 11.7. The third kappa shape index (κ3) is 4.51. The van der Waals surface area contributed by atoms with Gasteiger partial charge in [0, 0.05) is 25.0 Å². The number of pyridine rings is 1. The van der Waals surface area contributed by atoms with Crippen LogP contribution >= 0.6 is 0 Å². The lowest BCUT2D eigenvalue weighted by atomic mass is 9.99. The molecule has 1 fully saturated rings. The molecular formula is C26H29FN6O2. The van der Waals surface area contributed by atoms with Crippen LogP contribution in [-0.4, -0.2) is 51.6 Å². The molecule has 3 aromatic heterocycles. The third-order valence-corrected chi connectivity index (χ3v) is 6.22. The van der Waals surface area contributed by atoms with E-state index in [1.54, 1.807) is 6.20 Å². The van der Waals surface area contributed by atoms with Crippen molar-refractivity contribution in [3.63, 3.8) is 0 Å². The molecule has 1 amide bonds. The number of fused-ring (bicyclic) bond motifs is 1. The van der Waals surface area contributed by atoms with Gasteiger partial charge in [-0.25, -0.2) is 4.52 Å². The van der Waals surface area contributed by atoms with Gasteiger partial charge in [0.25, 0.3) is 5.91 Å². The Hall–Kier alpha value is -3.72. The molecule has 0 aliphatic carbocycles. The lowest BCUT2D eigenvalue weighted by Gasteiger charge is -2.29. The summed E-state index contributed by atoms with van der Waals surface area (Å²) in [4.78, 5) is 15.1. The van der Waals surface area contributed by atoms with Gasteiger partial charge in [-0.2, -0.15) is 9.49 Å². The monoisotopic (exact) mass is 476 g/mol. The molecule has 1 saturated heterocycles. The number of hydrogen-bond donors (Lipinski definition) is 1. The van der Waals surface area contributed by atoms with E-state index >= 15 is 0 Å². The van der Waals surface area contributed by atoms with Crippen LogP contribution in [0, 0.1) is 12.9 Å². The Morgan fingerprint density at radius 3 is 2.60 bits per heavy atom. The molecule has 9 heteroatoms. The van der Waals surface area contributed by atoms with Crippen LogP contribution in [0.1, 0.15) is 36.7 Å².